The molecule has 0 aromatic carbocycles. The second kappa shape index (κ2) is 29.6. The Bertz CT molecular complexity index is 579. The molecule has 6 heteroatoms. The number of hydrogen-bond donors (Lipinski definition) is 2. The highest BCUT2D eigenvalue weighted by Gasteiger charge is 2.33. The topological polar surface area (TPSA) is 93.1 Å². The lowest BCUT2D eigenvalue weighted by Crippen LogP contribution is -2.41. The number of esters is 2. The van der Waals surface area contributed by atoms with Crippen molar-refractivity contribution in [3.8, 4) is 0 Å². The summed E-state index contributed by atoms with van der Waals surface area (Å²) in [5.74, 6) is 0.976. The van der Waals surface area contributed by atoms with E-state index in [4.69, 9.17) is 9.47 Å². The summed E-state index contributed by atoms with van der Waals surface area (Å²) < 4.78 is 10.7. The van der Waals surface area contributed by atoms with Gasteiger partial charge in [-0.05, 0) is 24.7 Å². The molecule has 0 unspecified atom stereocenters. The number of rotatable bonds is 32. The van der Waals surface area contributed by atoms with Crippen LogP contribution in [0.2, 0.25) is 0 Å². The zero-order valence-electron chi connectivity index (χ0n) is 29.0. The molecule has 0 bridgehead atoms. The van der Waals surface area contributed by atoms with Gasteiger partial charge in [-0.25, -0.2) is 0 Å². The van der Waals surface area contributed by atoms with Crippen LogP contribution in [0.3, 0.4) is 0 Å². The maximum absolute atomic E-state index is 12.2. The molecule has 0 aromatic rings. The highest BCUT2D eigenvalue weighted by molar-refractivity contribution is 5.69. The smallest absolute Gasteiger partial charge is 0.305 e. The first-order chi connectivity index (χ1) is 20.7. The molecule has 43 heavy (non-hydrogen) atoms. The van der Waals surface area contributed by atoms with Gasteiger partial charge < -0.3 is 19.7 Å². The molecular formula is C37H72O6. The lowest BCUT2D eigenvalue weighted by Gasteiger charge is -2.28. The van der Waals surface area contributed by atoms with Crippen LogP contribution in [-0.4, -0.2) is 48.6 Å². The zero-order valence-corrected chi connectivity index (χ0v) is 29.0. The van der Waals surface area contributed by atoms with Gasteiger partial charge in [0.1, 0.15) is 13.2 Å². The quantitative estimate of drug-likeness (QED) is 0.0580. The maximum Gasteiger partial charge on any atom is 0.305 e. The molecule has 0 atom stereocenters. The van der Waals surface area contributed by atoms with Crippen LogP contribution in [0.1, 0.15) is 182 Å². The molecule has 2 N–H and O–H groups in total. The number of aliphatic hydroxyl groups is 2. The predicted octanol–water partition coefficient (Wildman–Crippen LogP) is 9.72. The van der Waals surface area contributed by atoms with Crippen LogP contribution < -0.4 is 0 Å². The van der Waals surface area contributed by atoms with E-state index in [-0.39, 0.29) is 25.2 Å². The zero-order chi connectivity index (χ0) is 32.0. The molecule has 0 aliphatic carbocycles. The van der Waals surface area contributed by atoms with Crippen molar-refractivity contribution in [1.29, 1.82) is 0 Å². The first-order valence-electron chi connectivity index (χ1n) is 18.3. The molecule has 0 heterocycles. The van der Waals surface area contributed by atoms with Crippen LogP contribution >= 0.6 is 0 Å². The Morgan fingerprint density at radius 2 is 0.721 bits per heavy atom. The summed E-state index contributed by atoms with van der Waals surface area (Å²) in [5, 5.41) is 19.7. The molecule has 0 aliphatic rings. The summed E-state index contributed by atoms with van der Waals surface area (Å²) in [4.78, 5) is 24.4. The van der Waals surface area contributed by atoms with Gasteiger partial charge in [-0.3, -0.25) is 9.59 Å². The van der Waals surface area contributed by atoms with Crippen LogP contribution in [0.15, 0.2) is 0 Å². The fourth-order valence-electron chi connectivity index (χ4n) is 5.36. The monoisotopic (exact) mass is 613 g/mol. The van der Waals surface area contributed by atoms with E-state index in [1.165, 1.54) is 103 Å². The molecule has 0 aliphatic heterocycles. The van der Waals surface area contributed by atoms with E-state index >= 15 is 0 Å². The van der Waals surface area contributed by atoms with Crippen molar-refractivity contribution in [1.82, 2.24) is 0 Å². The average molecular weight is 613 g/mol. The Morgan fingerprint density at radius 1 is 0.465 bits per heavy atom. The normalized spacial score (nSPS) is 11.9. The standard InChI is InChI=1S/C37H72O6/c1-33(2)25-21-17-13-9-5-7-11-15-19-23-27-35(40)42-31-37(29-38,30-39)32-43-36(41)28-24-20-16-12-8-6-10-14-18-22-26-34(3)4/h33-34,38-39H,5-32H2,1-4H3. The van der Waals surface area contributed by atoms with E-state index in [2.05, 4.69) is 27.7 Å². The SMILES string of the molecule is CC(C)CCCCCCCCCCCCC(=O)OCC(CO)(CO)COC(=O)CCCCCCCCCCCCC(C)C. The first kappa shape index (κ1) is 41.9. The fraction of sp³-hybridized carbons (Fsp3) is 0.946. The molecule has 0 rings (SSSR count). The largest absolute Gasteiger partial charge is 0.465 e. The Labute approximate surface area is 266 Å². The van der Waals surface area contributed by atoms with E-state index in [1.807, 2.05) is 0 Å². The lowest BCUT2D eigenvalue weighted by atomic mass is 9.92. The van der Waals surface area contributed by atoms with Crippen molar-refractivity contribution in [3.05, 3.63) is 0 Å². The van der Waals surface area contributed by atoms with Crippen molar-refractivity contribution in [3.63, 3.8) is 0 Å². The molecule has 0 amide bonds. The average Bonchev–Trinajstić information content (AvgIpc) is 2.98. The Balaban J connectivity index is 3.80. The van der Waals surface area contributed by atoms with E-state index in [0.29, 0.717) is 12.8 Å². The second-order valence-electron chi connectivity index (χ2n) is 14.1. The number of carbonyl (C=O) groups excluding carboxylic acids is 2. The number of ether oxygens (including phenoxy) is 2. The van der Waals surface area contributed by atoms with Crippen molar-refractivity contribution in [2.75, 3.05) is 26.4 Å². The summed E-state index contributed by atoms with van der Waals surface area (Å²) in [6.07, 6.45) is 27.5. The molecule has 0 saturated carbocycles. The van der Waals surface area contributed by atoms with Gasteiger partial charge in [-0.1, -0.05) is 156 Å². The summed E-state index contributed by atoms with van der Waals surface area (Å²) in [7, 11) is 0. The van der Waals surface area contributed by atoms with Gasteiger partial charge in [0.15, 0.2) is 0 Å². The molecule has 0 saturated heterocycles. The van der Waals surface area contributed by atoms with Gasteiger partial charge in [0.05, 0.1) is 18.6 Å². The van der Waals surface area contributed by atoms with Gasteiger partial charge >= 0.3 is 11.9 Å². The molecular weight excluding hydrogens is 540 g/mol. The Hall–Kier alpha value is -1.14. The van der Waals surface area contributed by atoms with E-state index in [0.717, 1.165) is 50.4 Å². The fourth-order valence-corrected chi connectivity index (χ4v) is 5.36. The number of aliphatic hydroxyl groups excluding tert-OH is 2. The number of unbranched alkanes of at least 4 members (excludes halogenated alkanes) is 18. The van der Waals surface area contributed by atoms with Gasteiger partial charge in [-0.15, -0.1) is 0 Å². The molecule has 256 valence electrons. The molecule has 0 radical (unpaired) electrons. The molecule has 6 nitrogen and oxygen atoms in total. The van der Waals surface area contributed by atoms with Gasteiger partial charge in [0.25, 0.3) is 0 Å². The van der Waals surface area contributed by atoms with Crippen molar-refractivity contribution in [2.45, 2.75) is 182 Å². The minimum Gasteiger partial charge on any atom is -0.465 e. The number of carbonyl (C=O) groups is 2. The van der Waals surface area contributed by atoms with E-state index in [9.17, 15) is 19.8 Å². The molecule has 0 fully saturated rings. The molecule has 0 spiro atoms. The summed E-state index contributed by atoms with van der Waals surface area (Å²) >= 11 is 0. The van der Waals surface area contributed by atoms with Crippen molar-refractivity contribution in [2.24, 2.45) is 17.3 Å². The third-order valence-corrected chi connectivity index (χ3v) is 8.57. The van der Waals surface area contributed by atoms with Crippen LogP contribution in [0.5, 0.6) is 0 Å². The van der Waals surface area contributed by atoms with Crippen molar-refractivity contribution >= 4 is 11.9 Å². The molecule has 0 aromatic heterocycles. The van der Waals surface area contributed by atoms with Gasteiger partial charge in [0.2, 0.25) is 0 Å². The van der Waals surface area contributed by atoms with E-state index in [1.54, 1.807) is 0 Å². The number of hydrogen-bond acceptors (Lipinski definition) is 6. The third-order valence-electron chi connectivity index (χ3n) is 8.57. The minimum absolute atomic E-state index is 0.152. The second-order valence-corrected chi connectivity index (χ2v) is 14.1. The Morgan fingerprint density at radius 3 is 0.977 bits per heavy atom. The summed E-state index contributed by atoms with van der Waals surface area (Å²) in [5.41, 5.74) is -1.16. The van der Waals surface area contributed by atoms with Crippen LogP contribution in [0.25, 0.3) is 0 Å². The van der Waals surface area contributed by atoms with E-state index < -0.39 is 18.6 Å². The van der Waals surface area contributed by atoms with Crippen LogP contribution in [0, 0.1) is 17.3 Å². The highest BCUT2D eigenvalue weighted by Crippen LogP contribution is 2.20. The lowest BCUT2D eigenvalue weighted by molar-refractivity contribution is -0.159. The highest BCUT2D eigenvalue weighted by atomic mass is 16.5. The predicted molar refractivity (Wildman–Crippen MR) is 179 cm³/mol. The van der Waals surface area contributed by atoms with Gasteiger partial charge in [0, 0.05) is 12.8 Å². The first-order valence-corrected chi connectivity index (χ1v) is 18.3. The summed E-state index contributed by atoms with van der Waals surface area (Å²) in [6, 6.07) is 0. The van der Waals surface area contributed by atoms with Crippen LogP contribution in [0.4, 0.5) is 0 Å². The Kier molecular flexibility index (Phi) is 28.8. The third kappa shape index (κ3) is 28.1. The minimum atomic E-state index is -1.16. The van der Waals surface area contributed by atoms with Gasteiger partial charge in [-0.2, -0.15) is 0 Å². The summed E-state index contributed by atoms with van der Waals surface area (Å²) in [6.45, 7) is 8.02. The van der Waals surface area contributed by atoms with Crippen LogP contribution in [-0.2, 0) is 19.1 Å². The maximum atomic E-state index is 12.2. The van der Waals surface area contributed by atoms with Crippen molar-refractivity contribution < 1.29 is 29.3 Å².